The van der Waals surface area contributed by atoms with Gasteiger partial charge in [-0.05, 0) is 39.5 Å². The molecular formula is C40H79N3O5. The van der Waals surface area contributed by atoms with E-state index in [1.807, 2.05) is 13.8 Å². The van der Waals surface area contributed by atoms with E-state index >= 15 is 0 Å². The summed E-state index contributed by atoms with van der Waals surface area (Å²) in [5.74, 6) is -0.349. The molecule has 0 heterocycles. The Morgan fingerprint density at radius 2 is 0.938 bits per heavy atom. The van der Waals surface area contributed by atoms with Crippen molar-refractivity contribution in [2.45, 2.75) is 207 Å². The van der Waals surface area contributed by atoms with Crippen molar-refractivity contribution in [1.82, 2.24) is 10.2 Å². The number of unbranched alkanes of at least 4 members (excludes halogenated alkanes) is 20. The van der Waals surface area contributed by atoms with Gasteiger partial charge in [-0.25, -0.2) is 0 Å². The highest BCUT2D eigenvalue weighted by Crippen LogP contribution is 2.15. The summed E-state index contributed by atoms with van der Waals surface area (Å²) >= 11 is 0. The van der Waals surface area contributed by atoms with E-state index in [4.69, 9.17) is 9.47 Å². The van der Waals surface area contributed by atoms with Crippen LogP contribution in [-0.4, -0.2) is 68.3 Å². The lowest BCUT2D eigenvalue weighted by atomic mass is 10.0. The molecule has 8 heteroatoms. The molecule has 0 fully saturated rings. The van der Waals surface area contributed by atoms with E-state index in [0.29, 0.717) is 45.6 Å². The van der Waals surface area contributed by atoms with Crippen molar-refractivity contribution in [3.63, 3.8) is 0 Å². The van der Waals surface area contributed by atoms with Crippen molar-refractivity contribution >= 4 is 11.9 Å². The van der Waals surface area contributed by atoms with Gasteiger partial charge in [-0.15, -0.1) is 0 Å². The SMILES string of the molecule is CCCCCCCCCCCCCC(C)OC(=O)CCNCCN(CCN=O)CCC(=O)OC(C)CCCCCCCCCCCCC. The molecule has 2 unspecified atom stereocenters. The van der Waals surface area contributed by atoms with E-state index in [-0.39, 0.29) is 30.7 Å². The smallest absolute Gasteiger partial charge is 0.307 e. The Morgan fingerprint density at radius 3 is 1.35 bits per heavy atom. The molecule has 0 aromatic carbocycles. The summed E-state index contributed by atoms with van der Waals surface area (Å²) in [6.45, 7) is 11.6. The van der Waals surface area contributed by atoms with E-state index < -0.39 is 0 Å². The van der Waals surface area contributed by atoms with Gasteiger partial charge < -0.3 is 14.8 Å². The van der Waals surface area contributed by atoms with Crippen molar-refractivity contribution in [2.24, 2.45) is 5.18 Å². The number of carbonyl (C=O) groups excluding carboxylic acids is 2. The molecule has 284 valence electrons. The van der Waals surface area contributed by atoms with Crippen molar-refractivity contribution in [3.05, 3.63) is 4.91 Å². The first-order valence-electron chi connectivity index (χ1n) is 20.5. The maximum absolute atomic E-state index is 12.4. The number of hydrogen-bond donors (Lipinski definition) is 1. The van der Waals surface area contributed by atoms with Crippen LogP contribution in [0.4, 0.5) is 0 Å². The summed E-state index contributed by atoms with van der Waals surface area (Å²) in [5, 5.41) is 6.29. The highest BCUT2D eigenvalue weighted by Gasteiger charge is 2.13. The third-order valence-corrected chi connectivity index (χ3v) is 9.34. The zero-order chi connectivity index (χ0) is 35.3. The lowest BCUT2D eigenvalue weighted by Crippen LogP contribution is -2.36. The number of nitrogens with one attached hydrogen (secondary N) is 1. The van der Waals surface area contributed by atoms with E-state index in [1.54, 1.807) is 0 Å². The van der Waals surface area contributed by atoms with Crippen LogP contribution in [0.1, 0.15) is 195 Å². The average molecular weight is 682 g/mol. The Hall–Kier alpha value is -1.54. The van der Waals surface area contributed by atoms with E-state index in [0.717, 1.165) is 25.7 Å². The van der Waals surface area contributed by atoms with Gasteiger partial charge in [0.2, 0.25) is 0 Å². The van der Waals surface area contributed by atoms with Crippen molar-refractivity contribution in [1.29, 1.82) is 0 Å². The molecule has 1 N–H and O–H groups in total. The minimum Gasteiger partial charge on any atom is -0.463 e. The molecule has 0 saturated heterocycles. The highest BCUT2D eigenvalue weighted by atomic mass is 16.5. The zero-order valence-corrected chi connectivity index (χ0v) is 32.2. The van der Waals surface area contributed by atoms with Crippen LogP contribution in [0, 0.1) is 4.91 Å². The molecule has 0 aromatic heterocycles. The maximum Gasteiger partial charge on any atom is 0.307 e. The molecule has 0 spiro atoms. The van der Waals surface area contributed by atoms with Crippen LogP contribution in [0.2, 0.25) is 0 Å². The number of ether oxygens (including phenoxy) is 2. The molecule has 8 nitrogen and oxygen atoms in total. The van der Waals surface area contributed by atoms with Gasteiger partial charge >= 0.3 is 11.9 Å². The molecule has 48 heavy (non-hydrogen) atoms. The first kappa shape index (κ1) is 46.5. The van der Waals surface area contributed by atoms with Gasteiger partial charge in [0.25, 0.3) is 0 Å². The predicted molar refractivity (Wildman–Crippen MR) is 202 cm³/mol. The molecule has 0 aliphatic carbocycles. The summed E-state index contributed by atoms with van der Waals surface area (Å²) in [7, 11) is 0. The largest absolute Gasteiger partial charge is 0.463 e. The maximum atomic E-state index is 12.4. The normalized spacial score (nSPS) is 12.7. The fourth-order valence-electron chi connectivity index (χ4n) is 6.20. The van der Waals surface area contributed by atoms with Crippen molar-refractivity contribution < 1.29 is 19.1 Å². The van der Waals surface area contributed by atoms with E-state index in [9.17, 15) is 14.5 Å². The second kappa shape index (κ2) is 36.7. The second-order valence-corrected chi connectivity index (χ2v) is 14.2. The minimum atomic E-state index is -0.187. The lowest BCUT2D eigenvalue weighted by Gasteiger charge is -2.21. The molecule has 0 aromatic rings. The van der Waals surface area contributed by atoms with Crippen LogP contribution in [0.5, 0.6) is 0 Å². The highest BCUT2D eigenvalue weighted by molar-refractivity contribution is 5.70. The van der Waals surface area contributed by atoms with Gasteiger partial charge in [-0.3, -0.25) is 14.5 Å². The van der Waals surface area contributed by atoms with Crippen molar-refractivity contribution in [3.8, 4) is 0 Å². The molecule has 0 aliphatic heterocycles. The standard InChI is InChI=1S/C40H79N3O5/c1-5-7-9-11-13-15-17-19-21-23-25-27-37(3)47-39(44)29-31-41-32-35-43(36-33-42-46)34-30-40(45)48-38(4)28-26-24-22-20-18-16-14-12-10-8-6-2/h37-38,41H,5-36H2,1-4H3. The summed E-state index contributed by atoms with van der Waals surface area (Å²) in [6.07, 6.45) is 31.3. The Balaban J connectivity index is 3.87. The predicted octanol–water partition coefficient (Wildman–Crippen LogP) is 10.7. The van der Waals surface area contributed by atoms with Gasteiger partial charge in [0, 0.05) is 32.7 Å². The summed E-state index contributed by atoms with van der Waals surface area (Å²) in [4.78, 5) is 37.5. The molecule has 0 aliphatic rings. The third-order valence-electron chi connectivity index (χ3n) is 9.34. The molecule has 0 amide bonds. The van der Waals surface area contributed by atoms with Crippen LogP contribution in [0.3, 0.4) is 0 Å². The Labute approximate surface area is 297 Å². The molecular weight excluding hydrogens is 602 g/mol. The number of esters is 2. The monoisotopic (exact) mass is 682 g/mol. The first-order chi connectivity index (χ1) is 23.4. The van der Waals surface area contributed by atoms with E-state index in [2.05, 4.69) is 29.2 Å². The zero-order valence-electron chi connectivity index (χ0n) is 32.2. The number of nitroso groups, excluding NO2 is 1. The number of carbonyl (C=O) groups is 2. The van der Waals surface area contributed by atoms with Gasteiger partial charge in [0.05, 0.1) is 31.6 Å². The number of hydrogen-bond acceptors (Lipinski definition) is 8. The van der Waals surface area contributed by atoms with Crippen LogP contribution >= 0.6 is 0 Å². The Kier molecular flexibility index (Phi) is 35.6. The van der Waals surface area contributed by atoms with Gasteiger partial charge in [-0.1, -0.05) is 147 Å². The number of rotatable bonds is 38. The summed E-state index contributed by atoms with van der Waals surface area (Å²) < 4.78 is 11.2. The summed E-state index contributed by atoms with van der Waals surface area (Å²) in [6, 6.07) is 0. The summed E-state index contributed by atoms with van der Waals surface area (Å²) in [5.41, 5.74) is 0. The van der Waals surface area contributed by atoms with Gasteiger partial charge in [-0.2, -0.15) is 4.91 Å². The van der Waals surface area contributed by atoms with Gasteiger partial charge in [0.15, 0.2) is 0 Å². The Morgan fingerprint density at radius 1 is 0.542 bits per heavy atom. The van der Waals surface area contributed by atoms with Crippen LogP contribution < -0.4 is 5.32 Å². The topological polar surface area (TPSA) is 97.3 Å². The average Bonchev–Trinajstić information content (AvgIpc) is 3.06. The third kappa shape index (κ3) is 34.3. The first-order valence-corrected chi connectivity index (χ1v) is 20.5. The van der Waals surface area contributed by atoms with E-state index in [1.165, 1.54) is 128 Å². The molecule has 0 rings (SSSR count). The fourth-order valence-corrected chi connectivity index (χ4v) is 6.20. The van der Waals surface area contributed by atoms with Crippen LogP contribution in [0.25, 0.3) is 0 Å². The molecule has 0 bridgehead atoms. The lowest BCUT2D eigenvalue weighted by molar-refractivity contribution is -0.149. The fraction of sp³-hybridized carbons (Fsp3) is 0.950. The Bertz CT molecular complexity index is 723. The molecule has 0 radical (unpaired) electrons. The second-order valence-electron chi connectivity index (χ2n) is 14.2. The minimum absolute atomic E-state index is 0.0374. The molecule has 0 saturated carbocycles. The van der Waals surface area contributed by atoms with Crippen LogP contribution in [-0.2, 0) is 19.1 Å². The van der Waals surface area contributed by atoms with Gasteiger partial charge in [0.1, 0.15) is 0 Å². The number of nitrogens with zero attached hydrogens (tertiary/aromatic N) is 2. The van der Waals surface area contributed by atoms with Crippen molar-refractivity contribution in [2.75, 3.05) is 39.3 Å². The quantitative estimate of drug-likeness (QED) is 0.0393. The molecule has 2 atom stereocenters. The van der Waals surface area contributed by atoms with Crippen LogP contribution in [0.15, 0.2) is 5.18 Å².